The molecular weight excluding hydrogens is 240 g/mol. The van der Waals surface area contributed by atoms with Gasteiger partial charge in [0, 0.05) is 5.22 Å². The van der Waals surface area contributed by atoms with E-state index in [1.807, 2.05) is 0 Å². The Balaban J connectivity index is 2.19. The summed E-state index contributed by atoms with van der Waals surface area (Å²) in [5.74, 6) is 0. The summed E-state index contributed by atoms with van der Waals surface area (Å²) >= 11 is 4.59. The van der Waals surface area contributed by atoms with Crippen molar-refractivity contribution in [3.05, 3.63) is 34.3 Å². The van der Waals surface area contributed by atoms with E-state index < -0.39 is 4.99 Å². The molecule has 0 amide bonds. The summed E-state index contributed by atoms with van der Waals surface area (Å²) in [5, 5.41) is 5.54. The minimum Gasteiger partial charge on any atom is -0.282 e. The fourth-order valence-electron chi connectivity index (χ4n) is 2.34. The summed E-state index contributed by atoms with van der Waals surface area (Å²) in [5.41, 5.74) is 1.41. The zero-order valence-electron chi connectivity index (χ0n) is 11.2. The topological polar surface area (TPSA) is 24.4 Å². The Bertz CT molecular complexity index is 524. The Morgan fingerprint density at radius 3 is 2.83 bits per heavy atom. The Morgan fingerprint density at radius 1 is 1.28 bits per heavy atom. The molecule has 0 bridgehead atoms. The fourth-order valence-corrected chi connectivity index (χ4v) is 2.74. The quantitative estimate of drug-likeness (QED) is 0.457. The number of aryl methyl sites for hydroxylation is 1. The molecule has 1 N–H and O–H groups in total. The molecule has 0 fully saturated rings. The van der Waals surface area contributed by atoms with E-state index in [0.717, 1.165) is 18.3 Å². The standard InChI is InChI=1S/C15H22N2S/c1-3-5-6-7-12-8-9-14-13(10-12)11-15(18,17-14)16-4-2/h8-11,16,18H,3-7H2,1-2H3. The summed E-state index contributed by atoms with van der Waals surface area (Å²) in [4.78, 5) is 4.09. The van der Waals surface area contributed by atoms with Crippen LogP contribution in [0.4, 0.5) is 0 Å². The summed E-state index contributed by atoms with van der Waals surface area (Å²) in [6.45, 7) is 5.17. The van der Waals surface area contributed by atoms with Gasteiger partial charge < -0.3 is 0 Å². The van der Waals surface area contributed by atoms with Crippen molar-refractivity contribution in [2.75, 3.05) is 6.54 Å². The molecule has 2 nitrogen and oxygen atoms in total. The van der Waals surface area contributed by atoms with Gasteiger partial charge in [0.05, 0.1) is 5.36 Å². The fraction of sp³-hybridized carbons (Fsp3) is 0.533. The molecule has 1 aliphatic rings. The van der Waals surface area contributed by atoms with Crippen LogP contribution < -0.4 is 15.9 Å². The SMILES string of the molecule is CCCCCc1ccc2c(c1)=CC(S)(NCC)N=2. The molecule has 1 atom stereocenters. The first kappa shape index (κ1) is 13.6. The molecule has 3 heteroatoms. The van der Waals surface area contributed by atoms with Gasteiger partial charge in [-0.15, -0.1) is 12.6 Å². The van der Waals surface area contributed by atoms with Gasteiger partial charge in [0.15, 0.2) is 4.99 Å². The molecule has 98 valence electrons. The average Bonchev–Trinajstić information content (AvgIpc) is 2.65. The van der Waals surface area contributed by atoms with Gasteiger partial charge in [0.2, 0.25) is 0 Å². The van der Waals surface area contributed by atoms with E-state index in [1.54, 1.807) is 0 Å². The highest BCUT2D eigenvalue weighted by Gasteiger charge is 2.22. The second-order valence-corrected chi connectivity index (χ2v) is 5.54. The Morgan fingerprint density at radius 2 is 2.11 bits per heavy atom. The lowest BCUT2D eigenvalue weighted by molar-refractivity contribution is 0.617. The van der Waals surface area contributed by atoms with Crippen molar-refractivity contribution < 1.29 is 0 Å². The molecule has 1 aliphatic heterocycles. The van der Waals surface area contributed by atoms with Gasteiger partial charge in [-0.25, -0.2) is 4.99 Å². The van der Waals surface area contributed by atoms with Crippen molar-refractivity contribution >= 4 is 18.7 Å². The van der Waals surface area contributed by atoms with Crippen LogP contribution in [0.25, 0.3) is 6.08 Å². The molecule has 0 saturated carbocycles. The molecule has 2 rings (SSSR count). The molecular formula is C15H22N2S. The van der Waals surface area contributed by atoms with Gasteiger partial charge in [-0.2, -0.15) is 0 Å². The van der Waals surface area contributed by atoms with E-state index in [9.17, 15) is 0 Å². The first-order valence-electron chi connectivity index (χ1n) is 6.86. The van der Waals surface area contributed by atoms with Gasteiger partial charge in [0.1, 0.15) is 0 Å². The second-order valence-electron chi connectivity index (χ2n) is 4.86. The van der Waals surface area contributed by atoms with Gasteiger partial charge in [-0.3, -0.25) is 5.32 Å². The summed E-state index contributed by atoms with van der Waals surface area (Å²) in [6.07, 6.45) is 7.12. The first-order chi connectivity index (χ1) is 8.67. The molecule has 1 unspecified atom stereocenters. The van der Waals surface area contributed by atoms with E-state index in [0.29, 0.717) is 0 Å². The normalized spacial score (nSPS) is 21.3. The summed E-state index contributed by atoms with van der Waals surface area (Å²) < 4.78 is 0. The predicted octanol–water partition coefficient (Wildman–Crippen LogP) is 2.03. The van der Waals surface area contributed by atoms with Crippen molar-refractivity contribution in [2.24, 2.45) is 4.99 Å². The molecule has 0 aromatic heterocycles. The number of unbranched alkanes of at least 4 members (excludes halogenated alkanes) is 2. The first-order valence-corrected chi connectivity index (χ1v) is 7.30. The van der Waals surface area contributed by atoms with E-state index >= 15 is 0 Å². The maximum absolute atomic E-state index is 4.61. The van der Waals surface area contributed by atoms with Crippen molar-refractivity contribution in [1.29, 1.82) is 0 Å². The third-order valence-corrected chi connectivity index (χ3v) is 3.63. The highest BCUT2D eigenvalue weighted by atomic mass is 32.1. The summed E-state index contributed by atoms with van der Waals surface area (Å²) in [7, 11) is 0. The van der Waals surface area contributed by atoms with Crippen LogP contribution in [0.5, 0.6) is 0 Å². The van der Waals surface area contributed by atoms with Crippen molar-refractivity contribution in [1.82, 2.24) is 5.32 Å². The van der Waals surface area contributed by atoms with Crippen LogP contribution >= 0.6 is 12.6 Å². The number of thiol groups is 1. The molecule has 0 spiro atoms. The zero-order chi connectivity index (χ0) is 13.0. The summed E-state index contributed by atoms with van der Waals surface area (Å²) in [6, 6.07) is 6.56. The average molecular weight is 262 g/mol. The monoisotopic (exact) mass is 262 g/mol. The van der Waals surface area contributed by atoms with Crippen LogP contribution in [0, 0.1) is 0 Å². The number of rotatable bonds is 6. The predicted molar refractivity (Wildman–Crippen MR) is 80.3 cm³/mol. The van der Waals surface area contributed by atoms with Gasteiger partial charge in [0.25, 0.3) is 0 Å². The van der Waals surface area contributed by atoms with E-state index in [2.05, 4.69) is 61.1 Å². The minimum atomic E-state index is -0.515. The van der Waals surface area contributed by atoms with E-state index in [4.69, 9.17) is 0 Å². The largest absolute Gasteiger partial charge is 0.282 e. The van der Waals surface area contributed by atoms with Crippen molar-refractivity contribution in [2.45, 2.75) is 44.5 Å². The third kappa shape index (κ3) is 3.15. The number of benzene rings is 1. The molecule has 0 aliphatic carbocycles. The highest BCUT2D eigenvalue weighted by molar-refractivity contribution is 7.82. The van der Waals surface area contributed by atoms with Gasteiger partial charge >= 0.3 is 0 Å². The van der Waals surface area contributed by atoms with Crippen LogP contribution in [-0.2, 0) is 6.42 Å². The smallest absolute Gasteiger partial charge is 0.175 e. The number of hydrogen-bond acceptors (Lipinski definition) is 3. The van der Waals surface area contributed by atoms with E-state index in [-0.39, 0.29) is 0 Å². The van der Waals surface area contributed by atoms with Crippen LogP contribution in [0.15, 0.2) is 23.2 Å². The lowest BCUT2D eigenvalue weighted by atomic mass is 10.1. The van der Waals surface area contributed by atoms with Crippen LogP contribution in [0.1, 0.15) is 38.7 Å². The van der Waals surface area contributed by atoms with Crippen molar-refractivity contribution in [3.63, 3.8) is 0 Å². The molecule has 1 aromatic rings. The number of fused-ring (bicyclic) bond motifs is 1. The molecule has 18 heavy (non-hydrogen) atoms. The molecule has 1 aromatic carbocycles. The maximum Gasteiger partial charge on any atom is 0.175 e. The van der Waals surface area contributed by atoms with Gasteiger partial charge in [-0.05, 0) is 43.2 Å². The van der Waals surface area contributed by atoms with Gasteiger partial charge in [-0.1, -0.05) is 32.8 Å². The van der Waals surface area contributed by atoms with E-state index in [1.165, 1.54) is 30.0 Å². The Labute approximate surface area is 115 Å². The second kappa shape index (κ2) is 5.89. The van der Waals surface area contributed by atoms with Crippen LogP contribution in [0.2, 0.25) is 0 Å². The molecule has 0 saturated heterocycles. The minimum absolute atomic E-state index is 0.515. The van der Waals surface area contributed by atoms with Crippen LogP contribution in [0.3, 0.4) is 0 Å². The Kier molecular flexibility index (Phi) is 4.46. The lowest BCUT2D eigenvalue weighted by Crippen LogP contribution is -2.34. The third-order valence-electron chi connectivity index (χ3n) is 3.25. The number of hydrogen-bond donors (Lipinski definition) is 2. The maximum atomic E-state index is 4.61. The zero-order valence-corrected chi connectivity index (χ0v) is 12.1. The number of nitrogens with zero attached hydrogens (tertiary/aromatic N) is 1. The molecule has 0 radical (unpaired) electrons. The Hall–Kier alpha value is -0.800. The molecule has 1 heterocycles. The lowest BCUT2D eigenvalue weighted by Gasteiger charge is -2.17. The highest BCUT2D eigenvalue weighted by Crippen LogP contribution is 2.15. The van der Waals surface area contributed by atoms with Crippen molar-refractivity contribution in [3.8, 4) is 0 Å². The van der Waals surface area contributed by atoms with Crippen LogP contribution in [-0.4, -0.2) is 11.5 Å². The number of nitrogens with one attached hydrogen (secondary N) is 1.